The molecule has 0 aromatic heterocycles. The van der Waals surface area contributed by atoms with Gasteiger partial charge >= 0.3 is 6.03 Å². The zero-order valence-corrected chi connectivity index (χ0v) is 9.36. The predicted molar refractivity (Wildman–Crippen MR) is 61.3 cm³/mol. The molecule has 0 bridgehead atoms. The number of nitrogens with one attached hydrogen (secondary N) is 1. The average molecular weight is 224 g/mol. The summed E-state index contributed by atoms with van der Waals surface area (Å²) in [7, 11) is 1.58. The number of benzene rings is 1. The first-order valence-electron chi connectivity index (χ1n) is 4.74. The molecule has 6 heteroatoms. The van der Waals surface area contributed by atoms with Gasteiger partial charge in [-0.3, -0.25) is 5.43 Å². The van der Waals surface area contributed by atoms with E-state index in [1.54, 1.807) is 13.2 Å². The molecular weight excluding hydrogens is 208 g/mol. The topological polar surface area (TPSA) is 93.6 Å². The second kappa shape index (κ2) is 5.45. The summed E-state index contributed by atoms with van der Waals surface area (Å²) in [5, 5.41) is 0.960. The normalized spacial score (nSPS) is 10.0. The number of hydrogen-bond donors (Lipinski definition) is 3. The largest absolute Gasteiger partial charge is 0.380 e. The molecule has 0 heterocycles. The number of rotatable bonds is 3. The minimum absolute atomic E-state index is 0.382. The molecule has 0 aliphatic rings. The standard InChI is InChI=1S/C10H16N4O2/c1-7-4-3-5-9(8(7)6-16-2)14(12)10(15)13-11/h3-5H,6,11-12H2,1-2H3,(H,13,15). The summed E-state index contributed by atoms with van der Waals surface area (Å²) < 4.78 is 5.07. The van der Waals surface area contributed by atoms with Gasteiger partial charge in [0.25, 0.3) is 0 Å². The third kappa shape index (κ3) is 2.48. The van der Waals surface area contributed by atoms with Gasteiger partial charge < -0.3 is 4.74 Å². The van der Waals surface area contributed by atoms with E-state index in [-0.39, 0.29) is 0 Å². The number of nitrogens with two attached hydrogens (primary N) is 2. The molecule has 0 aliphatic carbocycles. The van der Waals surface area contributed by atoms with E-state index in [0.29, 0.717) is 12.3 Å². The van der Waals surface area contributed by atoms with Crippen LogP contribution in [0.5, 0.6) is 0 Å². The zero-order chi connectivity index (χ0) is 12.1. The number of ether oxygens (including phenoxy) is 1. The van der Waals surface area contributed by atoms with Crippen LogP contribution in [0.4, 0.5) is 10.5 Å². The van der Waals surface area contributed by atoms with E-state index in [1.165, 1.54) is 0 Å². The number of hydrazine groups is 2. The lowest BCUT2D eigenvalue weighted by Gasteiger charge is -2.20. The monoisotopic (exact) mass is 224 g/mol. The summed E-state index contributed by atoms with van der Waals surface area (Å²) in [6, 6.07) is 4.89. The molecule has 0 saturated heterocycles. The molecule has 6 nitrogen and oxygen atoms in total. The van der Waals surface area contributed by atoms with Gasteiger partial charge in [-0.1, -0.05) is 12.1 Å². The highest BCUT2D eigenvalue weighted by Crippen LogP contribution is 2.22. The fourth-order valence-corrected chi connectivity index (χ4v) is 1.42. The number of amides is 2. The Morgan fingerprint density at radius 1 is 1.56 bits per heavy atom. The predicted octanol–water partition coefficient (Wildman–Crippen LogP) is 0.405. The summed E-state index contributed by atoms with van der Waals surface area (Å²) in [4.78, 5) is 11.3. The quantitative estimate of drug-likeness (QED) is 0.393. The molecular formula is C10H16N4O2. The van der Waals surface area contributed by atoms with Crippen molar-refractivity contribution in [3.8, 4) is 0 Å². The van der Waals surface area contributed by atoms with Crippen molar-refractivity contribution in [3.63, 3.8) is 0 Å². The Kier molecular flexibility index (Phi) is 4.24. The number of carbonyl (C=O) groups is 1. The van der Waals surface area contributed by atoms with E-state index in [4.69, 9.17) is 16.4 Å². The van der Waals surface area contributed by atoms with Gasteiger partial charge in [-0.25, -0.2) is 21.5 Å². The second-order valence-corrected chi connectivity index (χ2v) is 3.33. The smallest absolute Gasteiger partial charge is 0.350 e. The number of carbonyl (C=O) groups excluding carboxylic acids is 1. The molecule has 1 aromatic rings. The molecule has 0 saturated carbocycles. The Labute approximate surface area is 94.1 Å². The van der Waals surface area contributed by atoms with Crippen LogP contribution in [0.3, 0.4) is 0 Å². The number of hydrogen-bond acceptors (Lipinski definition) is 4. The minimum atomic E-state index is -0.581. The van der Waals surface area contributed by atoms with Crippen molar-refractivity contribution in [3.05, 3.63) is 29.3 Å². The zero-order valence-electron chi connectivity index (χ0n) is 9.36. The first-order chi connectivity index (χ1) is 7.61. The van der Waals surface area contributed by atoms with Gasteiger partial charge in [0.15, 0.2) is 0 Å². The molecule has 1 rings (SSSR count). The van der Waals surface area contributed by atoms with E-state index < -0.39 is 6.03 Å². The van der Waals surface area contributed by atoms with Crippen LogP contribution < -0.4 is 22.1 Å². The average Bonchev–Trinajstić information content (AvgIpc) is 2.30. The van der Waals surface area contributed by atoms with Crippen molar-refractivity contribution in [1.29, 1.82) is 0 Å². The van der Waals surface area contributed by atoms with Crippen LogP contribution in [0.1, 0.15) is 11.1 Å². The Balaban J connectivity index is 3.11. The van der Waals surface area contributed by atoms with Crippen molar-refractivity contribution in [2.45, 2.75) is 13.5 Å². The maximum absolute atomic E-state index is 11.3. The number of methoxy groups -OCH3 is 1. The van der Waals surface area contributed by atoms with Crippen LogP contribution in [-0.2, 0) is 11.3 Å². The number of urea groups is 1. The second-order valence-electron chi connectivity index (χ2n) is 3.33. The van der Waals surface area contributed by atoms with Crippen molar-refractivity contribution in [1.82, 2.24) is 5.43 Å². The SMILES string of the molecule is COCc1c(C)cccc1N(N)C(=O)NN. The van der Waals surface area contributed by atoms with Gasteiger partial charge in [-0.05, 0) is 18.6 Å². The summed E-state index contributed by atoms with van der Waals surface area (Å²) in [5.41, 5.74) is 4.40. The van der Waals surface area contributed by atoms with Crippen molar-refractivity contribution in [2.75, 3.05) is 12.1 Å². The third-order valence-corrected chi connectivity index (χ3v) is 2.28. The molecule has 5 N–H and O–H groups in total. The Morgan fingerprint density at radius 3 is 2.81 bits per heavy atom. The van der Waals surface area contributed by atoms with Gasteiger partial charge in [-0.2, -0.15) is 0 Å². The van der Waals surface area contributed by atoms with Gasteiger partial charge in [0.2, 0.25) is 0 Å². The summed E-state index contributed by atoms with van der Waals surface area (Å²) in [5.74, 6) is 10.7. The van der Waals surface area contributed by atoms with Crippen LogP contribution in [0, 0.1) is 6.92 Å². The molecule has 0 unspecified atom stereocenters. The lowest BCUT2D eigenvalue weighted by atomic mass is 10.1. The van der Waals surface area contributed by atoms with Crippen molar-refractivity contribution in [2.24, 2.45) is 11.7 Å². The molecule has 1 aromatic carbocycles. The first kappa shape index (κ1) is 12.4. The molecule has 16 heavy (non-hydrogen) atoms. The molecule has 2 amide bonds. The van der Waals surface area contributed by atoms with Crippen LogP contribution >= 0.6 is 0 Å². The lowest BCUT2D eigenvalue weighted by molar-refractivity contribution is 0.184. The highest BCUT2D eigenvalue weighted by atomic mass is 16.5. The van der Waals surface area contributed by atoms with E-state index in [1.807, 2.05) is 24.5 Å². The van der Waals surface area contributed by atoms with Crippen molar-refractivity contribution >= 4 is 11.7 Å². The summed E-state index contributed by atoms with van der Waals surface area (Å²) in [6.07, 6.45) is 0. The third-order valence-electron chi connectivity index (χ3n) is 2.28. The van der Waals surface area contributed by atoms with E-state index in [2.05, 4.69) is 0 Å². The van der Waals surface area contributed by atoms with Crippen molar-refractivity contribution < 1.29 is 9.53 Å². The first-order valence-corrected chi connectivity index (χ1v) is 4.74. The molecule has 0 fully saturated rings. The molecule has 0 spiro atoms. The highest BCUT2D eigenvalue weighted by molar-refractivity contribution is 5.91. The number of anilines is 1. The number of nitrogens with zero attached hydrogens (tertiary/aromatic N) is 1. The van der Waals surface area contributed by atoms with Gasteiger partial charge in [0.1, 0.15) is 0 Å². The van der Waals surface area contributed by atoms with Crippen LogP contribution in [0.15, 0.2) is 18.2 Å². The van der Waals surface area contributed by atoms with E-state index in [0.717, 1.165) is 16.1 Å². The highest BCUT2D eigenvalue weighted by Gasteiger charge is 2.15. The van der Waals surface area contributed by atoms with Gasteiger partial charge in [0, 0.05) is 12.7 Å². The maximum Gasteiger partial charge on any atom is 0.350 e. The van der Waals surface area contributed by atoms with E-state index in [9.17, 15) is 4.79 Å². The Morgan fingerprint density at radius 2 is 2.25 bits per heavy atom. The van der Waals surface area contributed by atoms with Gasteiger partial charge in [-0.15, -0.1) is 0 Å². The van der Waals surface area contributed by atoms with Crippen LogP contribution in [0.2, 0.25) is 0 Å². The fourth-order valence-electron chi connectivity index (χ4n) is 1.42. The number of aryl methyl sites for hydroxylation is 1. The fraction of sp³-hybridized carbons (Fsp3) is 0.300. The maximum atomic E-state index is 11.3. The Bertz CT molecular complexity index is 381. The molecule has 0 radical (unpaired) electrons. The summed E-state index contributed by atoms with van der Waals surface area (Å²) in [6.45, 7) is 2.31. The minimum Gasteiger partial charge on any atom is -0.380 e. The van der Waals surface area contributed by atoms with Crippen LogP contribution in [-0.4, -0.2) is 13.1 Å². The Hall–Kier alpha value is -1.63. The molecule has 0 aliphatic heterocycles. The molecule has 0 atom stereocenters. The summed E-state index contributed by atoms with van der Waals surface area (Å²) >= 11 is 0. The lowest BCUT2D eigenvalue weighted by Crippen LogP contribution is -2.48. The molecule has 88 valence electrons. The van der Waals surface area contributed by atoms with E-state index >= 15 is 0 Å². The van der Waals surface area contributed by atoms with Crippen LogP contribution in [0.25, 0.3) is 0 Å². The van der Waals surface area contributed by atoms with Gasteiger partial charge in [0.05, 0.1) is 12.3 Å².